The number of para-hydroxylation sites is 1. The minimum Gasteiger partial charge on any atom is -0.329 e. The van der Waals surface area contributed by atoms with Crippen LogP contribution < -0.4 is 0 Å². The molecule has 21 heavy (non-hydrogen) atoms. The van der Waals surface area contributed by atoms with Crippen molar-refractivity contribution in [2.24, 2.45) is 0 Å². The summed E-state index contributed by atoms with van der Waals surface area (Å²) in [6.07, 6.45) is 7.59. The first kappa shape index (κ1) is 12.6. The fraction of sp³-hybridized carbons (Fsp3) is 0.333. The molecule has 4 rings (SSSR count). The predicted octanol–water partition coefficient (Wildman–Crippen LogP) is 3.48. The van der Waals surface area contributed by atoms with E-state index in [1.807, 2.05) is 37.3 Å². The van der Waals surface area contributed by atoms with E-state index >= 15 is 0 Å². The zero-order chi connectivity index (χ0) is 14.4. The van der Waals surface area contributed by atoms with Crippen molar-refractivity contribution in [2.75, 3.05) is 0 Å². The molecule has 2 bridgehead atoms. The Bertz CT molecular complexity index is 750. The van der Waals surface area contributed by atoms with Crippen molar-refractivity contribution in [3.05, 3.63) is 53.7 Å². The number of pyridine rings is 1. The number of hydrogen-bond acceptors (Lipinski definition) is 2. The van der Waals surface area contributed by atoms with E-state index < -0.39 is 0 Å². The molecule has 1 aromatic heterocycles. The Morgan fingerprint density at radius 2 is 2.14 bits per heavy atom. The van der Waals surface area contributed by atoms with Crippen LogP contribution in [0.5, 0.6) is 0 Å². The third kappa shape index (κ3) is 1.96. The number of aromatic nitrogens is 1. The van der Waals surface area contributed by atoms with Crippen LogP contribution in [0.1, 0.15) is 35.3 Å². The molecule has 2 aliphatic rings. The van der Waals surface area contributed by atoms with Crippen molar-refractivity contribution >= 4 is 16.8 Å². The molecule has 2 atom stereocenters. The highest BCUT2D eigenvalue weighted by atomic mass is 16.2. The highest BCUT2D eigenvalue weighted by molar-refractivity contribution is 6.06. The standard InChI is InChI=1S/C18H18N2O/c1-12-8-9-13-4-2-7-16(17(13)19-12)18(21)20-14-5-3-6-15(20)11-10-14/h2-5,7-9,14-15H,6,10-11H2,1H3. The van der Waals surface area contributed by atoms with Gasteiger partial charge < -0.3 is 4.90 Å². The molecule has 2 aromatic rings. The lowest BCUT2D eigenvalue weighted by molar-refractivity contribution is 0.0691. The zero-order valence-corrected chi connectivity index (χ0v) is 12.1. The number of rotatable bonds is 1. The van der Waals surface area contributed by atoms with E-state index in [9.17, 15) is 4.79 Å². The van der Waals surface area contributed by atoms with Crippen LogP contribution >= 0.6 is 0 Å². The lowest BCUT2D eigenvalue weighted by Gasteiger charge is -2.31. The molecule has 2 unspecified atom stereocenters. The Morgan fingerprint density at radius 3 is 3.00 bits per heavy atom. The van der Waals surface area contributed by atoms with Gasteiger partial charge in [0.15, 0.2) is 0 Å². The van der Waals surface area contributed by atoms with Crippen molar-refractivity contribution in [3.63, 3.8) is 0 Å². The molecule has 1 aromatic carbocycles. The van der Waals surface area contributed by atoms with Crippen molar-refractivity contribution < 1.29 is 4.79 Å². The van der Waals surface area contributed by atoms with Crippen LogP contribution in [0.15, 0.2) is 42.5 Å². The summed E-state index contributed by atoms with van der Waals surface area (Å²) in [7, 11) is 0. The molecule has 106 valence electrons. The predicted molar refractivity (Wildman–Crippen MR) is 83.2 cm³/mol. The maximum atomic E-state index is 13.0. The number of nitrogens with zero attached hydrogens (tertiary/aromatic N) is 2. The quantitative estimate of drug-likeness (QED) is 0.748. The molecule has 1 fully saturated rings. The summed E-state index contributed by atoms with van der Waals surface area (Å²) in [5.41, 5.74) is 2.52. The van der Waals surface area contributed by atoms with Gasteiger partial charge in [0.1, 0.15) is 0 Å². The number of fused-ring (bicyclic) bond motifs is 3. The molecule has 1 amide bonds. The summed E-state index contributed by atoms with van der Waals surface area (Å²) in [6, 6.07) is 10.6. The summed E-state index contributed by atoms with van der Waals surface area (Å²) in [6.45, 7) is 1.97. The van der Waals surface area contributed by atoms with Gasteiger partial charge in [-0.1, -0.05) is 30.4 Å². The van der Waals surface area contributed by atoms with Gasteiger partial charge in [0.25, 0.3) is 5.91 Å². The van der Waals surface area contributed by atoms with Crippen LogP contribution in [0.25, 0.3) is 10.9 Å². The number of aryl methyl sites for hydroxylation is 1. The Labute approximate surface area is 124 Å². The Morgan fingerprint density at radius 1 is 1.24 bits per heavy atom. The fourth-order valence-electron chi connectivity index (χ4n) is 3.60. The Kier molecular flexibility index (Phi) is 2.81. The van der Waals surface area contributed by atoms with Crippen molar-refractivity contribution in [2.45, 2.75) is 38.3 Å². The number of carbonyl (C=O) groups is 1. The van der Waals surface area contributed by atoms with Crippen molar-refractivity contribution in [1.29, 1.82) is 0 Å². The van der Waals surface area contributed by atoms with E-state index in [0.29, 0.717) is 6.04 Å². The summed E-state index contributed by atoms with van der Waals surface area (Å²) in [5, 5.41) is 1.03. The average Bonchev–Trinajstić information content (AvgIpc) is 2.75. The molecule has 2 aliphatic heterocycles. The zero-order valence-electron chi connectivity index (χ0n) is 12.1. The van der Waals surface area contributed by atoms with Gasteiger partial charge >= 0.3 is 0 Å². The molecule has 0 radical (unpaired) electrons. The topological polar surface area (TPSA) is 33.2 Å². The first-order valence-electron chi connectivity index (χ1n) is 7.60. The summed E-state index contributed by atoms with van der Waals surface area (Å²) >= 11 is 0. The molecular formula is C18H18N2O. The van der Waals surface area contributed by atoms with Gasteiger partial charge in [-0.05, 0) is 38.3 Å². The smallest absolute Gasteiger partial charge is 0.256 e. The van der Waals surface area contributed by atoms with Crippen LogP contribution in [0.2, 0.25) is 0 Å². The normalized spacial score (nSPS) is 23.8. The average molecular weight is 278 g/mol. The molecule has 0 saturated carbocycles. The highest BCUT2D eigenvalue weighted by Crippen LogP contribution is 2.33. The van der Waals surface area contributed by atoms with Gasteiger partial charge in [0.2, 0.25) is 0 Å². The van der Waals surface area contributed by atoms with Gasteiger partial charge in [-0.2, -0.15) is 0 Å². The van der Waals surface area contributed by atoms with Gasteiger partial charge in [0, 0.05) is 17.1 Å². The van der Waals surface area contributed by atoms with Crippen molar-refractivity contribution in [1.82, 2.24) is 9.88 Å². The molecule has 3 heteroatoms. The Balaban J connectivity index is 1.81. The van der Waals surface area contributed by atoms with Crippen LogP contribution in [0.3, 0.4) is 0 Å². The van der Waals surface area contributed by atoms with Gasteiger partial charge in [-0.25, -0.2) is 0 Å². The summed E-state index contributed by atoms with van der Waals surface area (Å²) in [4.78, 5) is 19.7. The number of amides is 1. The summed E-state index contributed by atoms with van der Waals surface area (Å²) < 4.78 is 0. The van der Waals surface area contributed by atoms with Crippen LogP contribution in [-0.4, -0.2) is 27.9 Å². The second-order valence-corrected chi connectivity index (χ2v) is 6.00. The molecule has 1 saturated heterocycles. The maximum Gasteiger partial charge on any atom is 0.256 e. The van der Waals surface area contributed by atoms with Crippen LogP contribution in [0, 0.1) is 6.92 Å². The molecule has 0 spiro atoms. The second-order valence-electron chi connectivity index (χ2n) is 6.00. The minimum absolute atomic E-state index is 0.135. The Hall–Kier alpha value is -2.16. The molecule has 3 nitrogen and oxygen atoms in total. The summed E-state index contributed by atoms with van der Waals surface area (Å²) in [5.74, 6) is 0.135. The highest BCUT2D eigenvalue weighted by Gasteiger charge is 2.37. The lowest BCUT2D eigenvalue weighted by atomic mass is 10.0. The van der Waals surface area contributed by atoms with Gasteiger partial charge in [0.05, 0.1) is 17.1 Å². The maximum absolute atomic E-state index is 13.0. The van der Waals surface area contributed by atoms with E-state index in [2.05, 4.69) is 22.0 Å². The first-order valence-corrected chi connectivity index (χ1v) is 7.60. The van der Waals surface area contributed by atoms with E-state index in [1.54, 1.807) is 0 Å². The van der Waals surface area contributed by atoms with Crippen LogP contribution in [0.4, 0.5) is 0 Å². The molecule has 0 aliphatic carbocycles. The largest absolute Gasteiger partial charge is 0.329 e. The van der Waals surface area contributed by atoms with E-state index in [0.717, 1.165) is 41.4 Å². The number of hydrogen-bond donors (Lipinski definition) is 0. The van der Waals surface area contributed by atoms with Gasteiger partial charge in [-0.3, -0.25) is 9.78 Å². The molecule has 0 N–H and O–H groups in total. The van der Waals surface area contributed by atoms with Gasteiger partial charge in [-0.15, -0.1) is 0 Å². The number of benzene rings is 1. The fourth-order valence-corrected chi connectivity index (χ4v) is 3.60. The monoisotopic (exact) mass is 278 g/mol. The van der Waals surface area contributed by atoms with Crippen LogP contribution in [-0.2, 0) is 0 Å². The third-order valence-corrected chi connectivity index (χ3v) is 4.64. The second kappa shape index (κ2) is 4.69. The van der Waals surface area contributed by atoms with E-state index in [1.165, 1.54) is 0 Å². The lowest BCUT2D eigenvalue weighted by Crippen LogP contribution is -2.42. The molecular weight excluding hydrogens is 260 g/mol. The molecule has 3 heterocycles. The van der Waals surface area contributed by atoms with Crippen molar-refractivity contribution in [3.8, 4) is 0 Å². The number of carbonyl (C=O) groups excluding carboxylic acids is 1. The van der Waals surface area contributed by atoms with E-state index in [4.69, 9.17) is 0 Å². The third-order valence-electron chi connectivity index (χ3n) is 4.64. The minimum atomic E-state index is 0.135. The van der Waals surface area contributed by atoms with E-state index in [-0.39, 0.29) is 11.9 Å². The first-order chi connectivity index (χ1) is 10.2. The SMILES string of the molecule is Cc1ccc2cccc(C(=O)N3C4C=CCC3CC4)c2n1.